The summed E-state index contributed by atoms with van der Waals surface area (Å²) in [6, 6.07) is 14.0. The molecule has 164 valence electrons. The second kappa shape index (κ2) is 8.97. The van der Waals surface area contributed by atoms with E-state index in [1.807, 2.05) is 12.1 Å². The number of hydrogen-bond acceptors (Lipinski definition) is 6. The van der Waals surface area contributed by atoms with Gasteiger partial charge in [0.1, 0.15) is 5.56 Å². The zero-order valence-electron chi connectivity index (χ0n) is 17.7. The molecule has 1 N–H and O–H groups in total. The molecule has 8 heteroatoms. The van der Waals surface area contributed by atoms with Crippen LogP contribution in [0.15, 0.2) is 59.5 Å². The number of nitrogens with zero attached hydrogens (tertiary/aromatic N) is 1. The Balaban J connectivity index is 1.51. The molecule has 0 bridgehead atoms. The van der Waals surface area contributed by atoms with Crippen LogP contribution in [0.25, 0.3) is 0 Å². The number of carbonyl (C=O) groups excluding carboxylic acids is 2. The standard InChI is InChI=1S/C24H22N2O6/c1-15-8-9-26(13-17-6-7-19-20(11-17)32-14-31-19)23(28)21(15)22(27)25-12-16-4-3-5-18(10-16)24(29)30-2/h3-11H,12-14H2,1-2H3,(H,25,27). The van der Waals surface area contributed by atoms with E-state index in [1.54, 1.807) is 49.5 Å². The molecule has 2 aromatic carbocycles. The van der Waals surface area contributed by atoms with Gasteiger partial charge in [-0.1, -0.05) is 18.2 Å². The van der Waals surface area contributed by atoms with E-state index in [1.165, 1.54) is 11.7 Å². The highest BCUT2D eigenvalue weighted by molar-refractivity contribution is 5.95. The van der Waals surface area contributed by atoms with Crippen molar-refractivity contribution in [3.05, 3.63) is 92.9 Å². The van der Waals surface area contributed by atoms with E-state index in [9.17, 15) is 14.4 Å². The van der Waals surface area contributed by atoms with Gasteiger partial charge in [0.05, 0.1) is 19.2 Å². The molecular formula is C24H22N2O6. The fourth-order valence-corrected chi connectivity index (χ4v) is 3.50. The van der Waals surface area contributed by atoms with Crippen LogP contribution in [-0.2, 0) is 17.8 Å². The predicted octanol–water partition coefficient (Wildman–Crippen LogP) is 2.65. The molecule has 2 heterocycles. The molecule has 32 heavy (non-hydrogen) atoms. The van der Waals surface area contributed by atoms with E-state index in [0.29, 0.717) is 22.6 Å². The van der Waals surface area contributed by atoms with Gasteiger partial charge in [-0.25, -0.2) is 4.79 Å². The molecule has 3 aromatic rings. The number of fused-ring (bicyclic) bond motifs is 1. The van der Waals surface area contributed by atoms with E-state index in [-0.39, 0.29) is 31.0 Å². The number of benzene rings is 2. The van der Waals surface area contributed by atoms with Crippen molar-refractivity contribution in [2.24, 2.45) is 0 Å². The largest absolute Gasteiger partial charge is 0.465 e. The Morgan fingerprint density at radius 3 is 2.69 bits per heavy atom. The van der Waals surface area contributed by atoms with Crippen molar-refractivity contribution >= 4 is 11.9 Å². The number of rotatable bonds is 6. The average molecular weight is 434 g/mol. The SMILES string of the molecule is COC(=O)c1cccc(CNC(=O)c2c(C)ccn(Cc3ccc4c(c3)OCO4)c2=O)c1. The summed E-state index contributed by atoms with van der Waals surface area (Å²) >= 11 is 0. The number of carbonyl (C=O) groups is 2. The normalized spacial score (nSPS) is 11.8. The first-order valence-corrected chi connectivity index (χ1v) is 10.0. The van der Waals surface area contributed by atoms with E-state index >= 15 is 0 Å². The molecule has 1 aliphatic heterocycles. The monoisotopic (exact) mass is 434 g/mol. The maximum Gasteiger partial charge on any atom is 0.337 e. The summed E-state index contributed by atoms with van der Waals surface area (Å²) in [4.78, 5) is 37.6. The number of ether oxygens (including phenoxy) is 3. The van der Waals surface area contributed by atoms with Crippen molar-refractivity contribution in [3.63, 3.8) is 0 Å². The van der Waals surface area contributed by atoms with Gasteiger partial charge in [-0.2, -0.15) is 0 Å². The molecule has 0 spiro atoms. The number of aryl methyl sites for hydroxylation is 1. The van der Waals surface area contributed by atoms with Crippen molar-refractivity contribution in [1.29, 1.82) is 0 Å². The van der Waals surface area contributed by atoms with Crippen LogP contribution < -0.4 is 20.3 Å². The molecule has 8 nitrogen and oxygen atoms in total. The molecule has 0 radical (unpaired) electrons. The van der Waals surface area contributed by atoms with Crippen molar-refractivity contribution in [2.75, 3.05) is 13.9 Å². The Hall–Kier alpha value is -4.07. The molecule has 1 aromatic heterocycles. The molecule has 0 saturated heterocycles. The third-order valence-electron chi connectivity index (χ3n) is 5.19. The maximum atomic E-state index is 13.0. The van der Waals surface area contributed by atoms with Crippen molar-refractivity contribution in [3.8, 4) is 11.5 Å². The first kappa shape index (κ1) is 21.2. The predicted molar refractivity (Wildman–Crippen MR) is 116 cm³/mol. The highest BCUT2D eigenvalue weighted by Gasteiger charge is 2.18. The highest BCUT2D eigenvalue weighted by atomic mass is 16.7. The van der Waals surface area contributed by atoms with E-state index in [4.69, 9.17) is 14.2 Å². The lowest BCUT2D eigenvalue weighted by molar-refractivity contribution is 0.0600. The first-order valence-electron chi connectivity index (χ1n) is 10.0. The molecule has 0 fully saturated rings. The smallest absolute Gasteiger partial charge is 0.337 e. The van der Waals surface area contributed by atoms with Crippen molar-refractivity contribution in [1.82, 2.24) is 9.88 Å². The summed E-state index contributed by atoms with van der Waals surface area (Å²) in [6.45, 7) is 2.35. The summed E-state index contributed by atoms with van der Waals surface area (Å²) in [7, 11) is 1.31. The quantitative estimate of drug-likeness (QED) is 0.600. The Morgan fingerprint density at radius 1 is 1.06 bits per heavy atom. The number of amides is 1. The van der Waals surface area contributed by atoms with Gasteiger partial charge < -0.3 is 24.1 Å². The van der Waals surface area contributed by atoms with Gasteiger partial charge in [-0.15, -0.1) is 0 Å². The third-order valence-corrected chi connectivity index (χ3v) is 5.19. The van der Waals surface area contributed by atoms with Gasteiger partial charge in [-0.05, 0) is 53.9 Å². The fourth-order valence-electron chi connectivity index (χ4n) is 3.50. The lowest BCUT2D eigenvalue weighted by atomic mass is 10.1. The number of aromatic nitrogens is 1. The van der Waals surface area contributed by atoms with Crippen molar-refractivity contribution in [2.45, 2.75) is 20.0 Å². The lowest BCUT2D eigenvalue weighted by Gasteiger charge is -2.12. The molecule has 0 atom stereocenters. The number of hydrogen-bond donors (Lipinski definition) is 1. The minimum absolute atomic E-state index is 0.0809. The summed E-state index contributed by atoms with van der Waals surface area (Å²) in [6.07, 6.45) is 1.67. The third kappa shape index (κ3) is 4.34. The van der Waals surface area contributed by atoms with Crippen LogP contribution >= 0.6 is 0 Å². The molecule has 0 aliphatic carbocycles. The van der Waals surface area contributed by atoms with Crippen molar-refractivity contribution < 1.29 is 23.8 Å². The van der Waals surface area contributed by atoms with Gasteiger partial charge in [-0.3, -0.25) is 9.59 Å². The lowest BCUT2D eigenvalue weighted by Crippen LogP contribution is -2.34. The van der Waals surface area contributed by atoms with Gasteiger partial charge in [0.15, 0.2) is 11.5 Å². The summed E-state index contributed by atoms with van der Waals surface area (Å²) < 4.78 is 16.9. The summed E-state index contributed by atoms with van der Waals surface area (Å²) in [5.74, 6) is 0.371. The molecular weight excluding hydrogens is 412 g/mol. The summed E-state index contributed by atoms with van der Waals surface area (Å²) in [5.41, 5.74) is 2.24. The second-order valence-electron chi connectivity index (χ2n) is 7.37. The molecule has 0 saturated carbocycles. The van der Waals surface area contributed by atoms with Gasteiger partial charge in [0.2, 0.25) is 6.79 Å². The molecule has 0 unspecified atom stereocenters. The minimum atomic E-state index is -0.476. The van der Waals surface area contributed by atoms with Crippen LogP contribution in [-0.4, -0.2) is 30.3 Å². The number of nitrogens with one attached hydrogen (secondary N) is 1. The van der Waals surface area contributed by atoms with Crippen LogP contribution in [0.5, 0.6) is 11.5 Å². The topological polar surface area (TPSA) is 95.9 Å². The van der Waals surface area contributed by atoms with Crippen LogP contribution in [0, 0.1) is 6.92 Å². The Kier molecular flexibility index (Phi) is 5.93. The van der Waals surface area contributed by atoms with E-state index in [2.05, 4.69) is 5.32 Å². The minimum Gasteiger partial charge on any atom is -0.465 e. The summed E-state index contributed by atoms with van der Waals surface area (Å²) in [5, 5.41) is 2.77. The van der Waals surface area contributed by atoms with Crippen LogP contribution in [0.2, 0.25) is 0 Å². The van der Waals surface area contributed by atoms with E-state index in [0.717, 1.165) is 11.1 Å². The molecule has 1 aliphatic rings. The fraction of sp³-hybridized carbons (Fsp3) is 0.208. The van der Waals surface area contributed by atoms with Crippen LogP contribution in [0.1, 0.15) is 37.4 Å². The molecule has 1 amide bonds. The van der Waals surface area contributed by atoms with Crippen LogP contribution in [0.3, 0.4) is 0 Å². The number of methoxy groups -OCH3 is 1. The highest BCUT2D eigenvalue weighted by Crippen LogP contribution is 2.32. The zero-order chi connectivity index (χ0) is 22.7. The number of pyridine rings is 1. The Bertz CT molecular complexity index is 1250. The first-order chi connectivity index (χ1) is 15.5. The molecule has 4 rings (SSSR count). The van der Waals surface area contributed by atoms with Crippen LogP contribution in [0.4, 0.5) is 0 Å². The van der Waals surface area contributed by atoms with E-state index < -0.39 is 11.9 Å². The second-order valence-corrected chi connectivity index (χ2v) is 7.37. The zero-order valence-corrected chi connectivity index (χ0v) is 17.7. The average Bonchev–Trinajstić information content (AvgIpc) is 3.27. The van der Waals surface area contributed by atoms with Gasteiger partial charge >= 0.3 is 5.97 Å². The Morgan fingerprint density at radius 2 is 1.88 bits per heavy atom. The van der Waals surface area contributed by atoms with Gasteiger partial charge in [0.25, 0.3) is 11.5 Å². The van der Waals surface area contributed by atoms with Gasteiger partial charge in [0, 0.05) is 12.7 Å². The number of esters is 1. The Labute approximate surface area is 184 Å². The maximum absolute atomic E-state index is 13.0.